The summed E-state index contributed by atoms with van der Waals surface area (Å²) in [7, 11) is 1.06. The lowest BCUT2D eigenvalue weighted by Gasteiger charge is -2.41. The third-order valence-corrected chi connectivity index (χ3v) is 13.9. The number of carbonyl (C=O) groups is 4. The topological polar surface area (TPSA) is 166 Å². The minimum absolute atomic E-state index is 0.00116. The number of halogens is 2. The van der Waals surface area contributed by atoms with Crippen LogP contribution in [0.3, 0.4) is 0 Å². The van der Waals surface area contributed by atoms with E-state index in [1.165, 1.54) is 12.1 Å². The van der Waals surface area contributed by atoms with E-state index >= 15 is 8.78 Å². The molecule has 14 nitrogen and oxygen atoms in total. The largest absolute Gasteiger partial charge is 0.401 e. The fraction of sp³-hybridized carbons (Fsp3) is 0.356. The van der Waals surface area contributed by atoms with E-state index in [0.717, 1.165) is 23.4 Å². The molecule has 3 saturated heterocycles. The van der Waals surface area contributed by atoms with Gasteiger partial charge in [-0.2, -0.15) is 0 Å². The van der Waals surface area contributed by atoms with Crippen LogP contribution < -0.4 is 25.4 Å². The second kappa shape index (κ2) is 18.0. The molecule has 2 aromatic heterocycles. The van der Waals surface area contributed by atoms with E-state index in [4.69, 9.17) is 0 Å². The summed E-state index contributed by atoms with van der Waals surface area (Å²) in [6.07, 6.45) is 4.50. The van der Waals surface area contributed by atoms with E-state index in [1.807, 2.05) is 49.2 Å². The number of H-pyrrole nitrogens is 1. The molecule has 3 aromatic carbocycles. The number of aliphatic hydroxyl groups is 1. The Bertz CT molecular complexity index is 2490. The van der Waals surface area contributed by atoms with Crippen LogP contribution in [0.25, 0.3) is 22.2 Å². The molecule has 5 aromatic rings. The summed E-state index contributed by atoms with van der Waals surface area (Å²) in [4.78, 5) is 67.4. The monoisotopic (exact) mass is 863 g/mol. The van der Waals surface area contributed by atoms with Crippen LogP contribution in [0.5, 0.6) is 0 Å². The molecule has 8 rings (SSSR count). The fourth-order valence-corrected chi connectivity index (χ4v) is 9.31. The summed E-state index contributed by atoms with van der Waals surface area (Å²) in [5.74, 6) is -2.30. The van der Waals surface area contributed by atoms with Crippen molar-refractivity contribution in [3.05, 3.63) is 102 Å². The first kappa shape index (κ1) is 42.5. The molecule has 0 saturated carbocycles. The van der Waals surface area contributed by atoms with E-state index < -0.39 is 44.8 Å². The molecule has 3 aliphatic heterocycles. The highest BCUT2D eigenvalue weighted by molar-refractivity contribution is 6.37. The molecular weight excluding hydrogens is 813 g/mol. The van der Waals surface area contributed by atoms with E-state index in [0.29, 0.717) is 92.2 Å². The smallest absolute Gasteiger partial charge is 0.249 e. The molecule has 62 heavy (non-hydrogen) atoms. The van der Waals surface area contributed by atoms with Crippen molar-refractivity contribution in [2.75, 3.05) is 73.0 Å². The highest BCUT2D eigenvalue weighted by Crippen LogP contribution is 2.33. The zero-order valence-corrected chi connectivity index (χ0v) is 36.3. The number of pyridine rings is 1. The van der Waals surface area contributed by atoms with Gasteiger partial charge in [-0.05, 0) is 86.9 Å². The maximum absolute atomic E-state index is 15.6. The number of aromatic nitrogens is 2. The van der Waals surface area contributed by atoms with Crippen LogP contribution in [0.4, 0.5) is 31.5 Å². The van der Waals surface area contributed by atoms with Crippen LogP contribution in [-0.4, -0.2) is 122 Å². The van der Waals surface area contributed by atoms with Crippen LogP contribution in [0.15, 0.2) is 79.1 Å². The van der Waals surface area contributed by atoms with Gasteiger partial charge in [0.15, 0.2) is 21.4 Å². The van der Waals surface area contributed by atoms with Crippen LogP contribution in [0, 0.1) is 11.6 Å². The number of nitrogens with zero attached hydrogens (tertiary/aromatic N) is 5. The molecule has 0 radical (unpaired) electrons. The van der Waals surface area contributed by atoms with Crippen LogP contribution in [0.2, 0.25) is 0 Å². The van der Waals surface area contributed by atoms with Crippen molar-refractivity contribution in [2.24, 2.45) is 0 Å². The number of imide groups is 1. The highest BCUT2D eigenvalue weighted by atomic mass is 28.2. The first-order valence-electron chi connectivity index (χ1n) is 21.1. The summed E-state index contributed by atoms with van der Waals surface area (Å²) in [5.41, 5.74) is 3.54. The number of fused-ring (bicyclic) bond motifs is 1. The van der Waals surface area contributed by atoms with Crippen LogP contribution >= 0.6 is 0 Å². The number of nitrogens with one attached hydrogen (secondary N) is 4. The lowest BCUT2D eigenvalue weighted by atomic mass is 9.87. The number of hydrogen-bond donors (Lipinski definition) is 5. The summed E-state index contributed by atoms with van der Waals surface area (Å²) in [6.45, 7) is 5.91. The SMILES string of the molecule is CCN(C)[SiH2]Nc1cccc(C(=O)c2c[nH]c3ncc(-c4ccc(N5CCN(C(=O)CC6(O)CCN(c7ccc(NC8CCC(=O)NC8=O)cc7F)CC6)CC5)cc4)cc23)c1F. The number of hydrogen-bond acceptors (Lipinski definition) is 11. The Kier molecular flexibility index (Phi) is 12.4. The molecule has 17 heteroatoms. The maximum Gasteiger partial charge on any atom is 0.249 e. The number of piperidine rings is 2. The van der Waals surface area contributed by atoms with Crippen molar-refractivity contribution >= 4 is 67.1 Å². The summed E-state index contributed by atoms with van der Waals surface area (Å²) in [6, 6.07) is 18.8. The predicted molar refractivity (Wildman–Crippen MR) is 238 cm³/mol. The molecule has 5 N–H and O–H groups in total. The van der Waals surface area contributed by atoms with Gasteiger partial charge in [0, 0.05) is 86.0 Å². The maximum atomic E-state index is 15.6. The first-order valence-corrected chi connectivity index (χ1v) is 22.4. The summed E-state index contributed by atoms with van der Waals surface area (Å²) in [5, 5.41) is 17.3. The Labute approximate surface area is 360 Å². The Balaban J connectivity index is 0.833. The Morgan fingerprint density at radius 1 is 0.952 bits per heavy atom. The number of amides is 3. The number of ketones is 1. The van der Waals surface area contributed by atoms with Crippen molar-refractivity contribution in [1.29, 1.82) is 0 Å². The van der Waals surface area contributed by atoms with E-state index in [9.17, 15) is 24.3 Å². The predicted octanol–water partition coefficient (Wildman–Crippen LogP) is 4.39. The third-order valence-electron chi connectivity index (χ3n) is 12.3. The molecule has 0 spiro atoms. The van der Waals surface area contributed by atoms with Crippen molar-refractivity contribution < 1.29 is 33.1 Å². The summed E-state index contributed by atoms with van der Waals surface area (Å²) < 4.78 is 32.9. The Hall–Kier alpha value is -6.17. The van der Waals surface area contributed by atoms with Crippen molar-refractivity contribution in [1.82, 2.24) is 24.8 Å². The fourth-order valence-electron chi connectivity index (χ4n) is 8.37. The normalized spacial score (nSPS) is 18.2. The van der Waals surface area contributed by atoms with Gasteiger partial charge in [0.2, 0.25) is 17.7 Å². The number of piperazine rings is 1. The Morgan fingerprint density at radius 3 is 2.42 bits per heavy atom. The van der Waals surface area contributed by atoms with Crippen LogP contribution in [-0.2, 0) is 14.4 Å². The highest BCUT2D eigenvalue weighted by Gasteiger charge is 2.37. The molecule has 1 unspecified atom stereocenters. The van der Waals surface area contributed by atoms with Gasteiger partial charge < -0.3 is 39.7 Å². The van der Waals surface area contributed by atoms with E-state index in [2.05, 4.69) is 35.0 Å². The molecule has 5 heterocycles. The number of anilines is 4. The summed E-state index contributed by atoms with van der Waals surface area (Å²) >= 11 is 0. The minimum atomic E-state index is -1.19. The van der Waals surface area contributed by atoms with Gasteiger partial charge in [-0.25, -0.2) is 13.8 Å². The average molecular weight is 864 g/mol. The zero-order valence-electron chi connectivity index (χ0n) is 34.8. The quantitative estimate of drug-likeness (QED) is 0.0648. The first-order chi connectivity index (χ1) is 29.9. The van der Waals surface area contributed by atoms with Gasteiger partial charge in [0.25, 0.3) is 0 Å². The van der Waals surface area contributed by atoms with Gasteiger partial charge in [-0.1, -0.05) is 25.1 Å². The van der Waals surface area contributed by atoms with Gasteiger partial charge in [0.05, 0.1) is 29.0 Å². The number of benzene rings is 3. The second-order valence-electron chi connectivity index (χ2n) is 16.4. The van der Waals surface area contributed by atoms with Gasteiger partial charge in [0.1, 0.15) is 17.5 Å². The minimum Gasteiger partial charge on any atom is -0.401 e. The van der Waals surface area contributed by atoms with Gasteiger partial charge >= 0.3 is 0 Å². The lowest BCUT2D eigenvalue weighted by molar-refractivity contribution is -0.138. The van der Waals surface area contributed by atoms with Crippen LogP contribution in [0.1, 0.15) is 54.9 Å². The standard InChI is InChI=1S/C45H51F2N9O5Si/c1-3-53(2)62-52-36-6-4-5-32(41(36)47)42(59)34-27-49-43-33(34)23-29(26-48-43)28-7-10-31(11-8-28)54-19-21-56(22-20-54)40(58)25-45(61)15-17-55(18-16-45)38-13-9-30(24-35(38)46)50-37-12-14-39(57)51-44(37)60/h4-11,13,23-24,26-27,37,50,52,61H,3,12,14-22,25,62H2,1-2H3,(H,48,49)(H,51,57,60). The van der Waals surface area contributed by atoms with Crippen molar-refractivity contribution in [2.45, 2.75) is 50.7 Å². The molecule has 324 valence electrons. The molecule has 3 fully saturated rings. The number of aromatic amines is 1. The molecule has 3 aliphatic rings. The van der Waals surface area contributed by atoms with E-state index in [1.54, 1.807) is 41.6 Å². The number of rotatable bonds is 13. The zero-order chi connectivity index (χ0) is 43.5. The van der Waals surface area contributed by atoms with E-state index in [-0.39, 0.29) is 30.2 Å². The molecule has 3 amide bonds. The molecule has 1 atom stereocenters. The Morgan fingerprint density at radius 2 is 1.71 bits per heavy atom. The average Bonchev–Trinajstić information content (AvgIpc) is 3.71. The molecular formula is C45H51F2N9O5Si. The van der Waals surface area contributed by atoms with Crippen molar-refractivity contribution in [3.8, 4) is 11.1 Å². The molecule has 0 bridgehead atoms. The second-order valence-corrected chi connectivity index (χ2v) is 18.2. The lowest BCUT2D eigenvalue weighted by Crippen LogP contribution is -2.52. The van der Waals surface area contributed by atoms with Gasteiger partial charge in [-0.15, -0.1) is 0 Å². The third kappa shape index (κ3) is 9.19. The van der Waals surface area contributed by atoms with Crippen molar-refractivity contribution in [3.63, 3.8) is 0 Å². The van der Waals surface area contributed by atoms with Gasteiger partial charge in [-0.3, -0.25) is 24.5 Å². The molecule has 0 aliphatic carbocycles. The number of carbonyl (C=O) groups excluding carboxylic acids is 4.